The Bertz CT molecular complexity index is 1250. The molecule has 1 aromatic rings. The second kappa shape index (κ2) is 9.90. The van der Waals surface area contributed by atoms with Crippen molar-refractivity contribution in [2.75, 3.05) is 6.61 Å². The lowest BCUT2D eigenvalue weighted by Gasteiger charge is -2.52. The van der Waals surface area contributed by atoms with Crippen LogP contribution in [0, 0.1) is 29.1 Å². The van der Waals surface area contributed by atoms with Crippen LogP contribution in [-0.4, -0.2) is 61.7 Å². The van der Waals surface area contributed by atoms with Crippen LogP contribution in [0.1, 0.15) is 82.6 Å². The topological polar surface area (TPSA) is 124 Å². The van der Waals surface area contributed by atoms with Crippen molar-refractivity contribution in [1.82, 2.24) is 0 Å². The van der Waals surface area contributed by atoms with Gasteiger partial charge in [-0.1, -0.05) is 71.2 Å². The van der Waals surface area contributed by atoms with Crippen LogP contribution >= 0.6 is 0 Å². The number of aliphatic hydroxyl groups is 4. The monoisotopic (exact) mass is 552 g/mol. The van der Waals surface area contributed by atoms with Gasteiger partial charge in [-0.2, -0.15) is 0 Å². The normalized spacial score (nSPS) is 39.3. The van der Waals surface area contributed by atoms with Gasteiger partial charge in [0.05, 0.1) is 17.8 Å². The molecular formula is C33H44O7. The van der Waals surface area contributed by atoms with E-state index in [4.69, 9.17) is 4.74 Å². The predicted molar refractivity (Wildman–Crippen MR) is 150 cm³/mol. The highest BCUT2D eigenvalue weighted by Crippen LogP contribution is 2.75. The van der Waals surface area contributed by atoms with Gasteiger partial charge in [0, 0.05) is 35.5 Å². The number of ether oxygens (including phenoxy) is 1. The summed E-state index contributed by atoms with van der Waals surface area (Å²) in [7, 11) is 0. The lowest BCUT2D eigenvalue weighted by atomic mass is 9.59. The molecule has 0 spiro atoms. The predicted octanol–water partition coefficient (Wildman–Crippen LogP) is 3.92. The van der Waals surface area contributed by atoms with E-state index in [0.29, 0.717) is 16.7 Å². The lowest BCUT2D eigenvalue weighted by molar-refractivity contribution is -0.209. The van der Waals surface area contributed by atoms with Gasteiger partial charge in [0.15, 0.2) is 5.78 Å². The van der Waals surface area contributed by atoms with Crippen LogP contribution in [0.15, 0.2) is 47.6 Å². The fraction of sp³-hybridized carbons (Fsp3) is 0.636. The van der Waals surface area contributed by atoms with Gasteiger partial charge in [-0.3, -0.25) is 4.79 Å². The summed E-state index contributed by atoms with van der Waals surface area (Å²) < 4.78 is 6.07. The van der Waals surface area contributed by atoms with Gasteiger partial charge < -0.3 is 25.2 Å². The molecule has 0 bridgehead atoms. The van der Waals surface area contributed by atoms with E-state index in [1.54, 1.807) is 38.1 Å². The first-order chi connectivity index (χ1) is 18.8. The smallest absolute Gasteiger partial charge is 0.338 e. The van der Waals surface area contributed by atoms with Crippen LogP contribution in [0.2, 0.25) is 0 Å². The number of Topliss-reactive ketones (excluding diaryl/α,β-unsaturated/α-hetero) is 1. The lowest BCUT2D eigenvalue weighted by Crippen LogP contribution is -2.65. The maximum absolute atomic E-state index is 13.4. The third kappa shape index (κ3) is 3.99. The van der Waals surface area contributed by atoms with Crippen LogP contribution in [0.4, 0.5) is 0 Å². The summed E-state index contributed by atoms with van der Waals surface area (Å²) in [6, 6.07) is 7.34. The molecule has 4 aliphatic carbocycles. The molecule has 7 nitrogen and oxygen atoms in total. The molecule has 7 heteroatoms. The zero-order chi connectivity index (χ0) is 29.3. The molecule has 4 N–H and O–H groups in total. The van der Waals surface area contributed by atoms with Gasteiger partial charge in [-0.15, -0.1) is 0 Å². The number of benzene rings is 1. The Morgan fingerprint density at radius 1 is 1.05 bits per heavy atom. The van der Waals surface area contributed by atoms with Crippen molar-refractivity contribution >= 4 is 11.8 Å². The average molecular weight is 553 g/mol. The van der Waals surface area contributed by atoms with E-state index in [-0.39, 0.29) is 13.0 Å². The largest absolute Gasteiger partial charge is 0.455 e. The van der Waals surface area contributed by atoms with Gasteiger partial charge in [-0.05, 0) is 48.6 Å². The molecule has 40 heavy (non-hydrogen) atoms. The molecule has 0 unspecified atom stereocenters. The van der Waals surface area contributed by atoms with E-state index in [1.165, 1.54) is 19.3 Å². The van der Waals surface area contributed by atoms with E-state index < -0.39 is 63.7 Å². The second-order valence-electron chi connectivity index (χ2n) is 13.3. The van der Waals surface area contributed by atoms with Crippen molar-refractivity contribution < 1.29 is 34.8 Å². The Kier molecular flexibility index (Phi) is 7.22. The molecule has 0 aliphatic heterocycles. The van der Waals surface area contributed by atoms with Gasteiger partial charge in [-0.25, -0.2) is 4.79 Å². The van der Waals surface area contributed by atoms with Crippen LogP contribution in [0.5, 0.6) is 0 Å². The fourth-order valence-corrected chi connectivity index (χ4v) is 8.35. The van der Waals surface area contributed by atoms with Crippen molar-refractivity contribution in [2.24, 2.45) is 29.1 Å². The maximum atomic E-state index is 13.4. The number of hydrogen-bond donors (Lipinski definition) is 4. The van der Waals surface area contributed by atoms with Gasteiger partial charge >= 0.3 is 5.97 Å². The van der Waals surface area contributed by atoms with Gasteiger partial charge in [0.25, 0.3) is 0 Å². The molecule has 0 amide bonds. The van der Waals surface area contributed by atoms with E-state index in [0.717, 1.165) is 18.4 Å². The third-order valence-corrected chi connectivity index (χ3v) is 10.7. The quantitative estimate of drug-likeness (QED) is 0.219. The van der Waals surface area contributed by atoms with Crippen LogP contribution in [0.25, 0.3) is 0 Å². The number of aryl methyl sites for hydroxylation is 1. The minimum Gasteiger partial charge on any atom is -0.455 e. The molecule has 0 radical (unpaired) electrons. The fourth-order valence-electron chi connectivity index (χ4n) is 8.35. The Morgan fingerprint density at radius 3 is 2.35 bits per heavy atom. The number of aliphatic hydroxyl groups excluding tert-OH is 1. The zero-order valence-electron chi connectivity index (χ0n) is 24.3. The van der Waals surface area contributed by atoms with Crippen LogP contribution in [-0.2, 0) is 16.0 Å². The number of hydrogen-bond acceptors (Lipinski definition) is 7. The van der Waals surface area contributed by atoms with Gasteiger partial charge in [0.2, 0.25) is 0 Å². The number of unbranched alkanes of at least 4 members (excludes halogenated alkanes) is 3. The molecule has 8 atom stereocenters. The molecule has 0 saturated heterocycles. The number of fused-ring (bicyclic) bond motifs is 5. The van der Waals surface area contributed by atoms with Crippen molar-refractivity contribution in [1.29, 1.82) is 0 Å². The molecule has 2 saturated carbocycles. The Balaban J connectivity index is 1.47. The van der Waals surface area contributed by atoms with Crippen molar-refractivity contribution in [2.45, 2.75) is 96.1 Å². The molecule has 1 aromatic carbocycles. The maximum Gasteiger partial charge on any atom is 0.338 e. The summed E-state index contributed by atoms with van der Waals surface area (Å²) in [6.07, 6.45) is 7.77. The highest BCUT2D eigenvalue weighted by Gasteiger charge is 2.85. The highest BCUT2D eigenvalue weighted by atomic mass is 16.6. The molecule has 0 aromatic heterocycles. The minimum absolute atomic E-state index is 0.104. The Hall–Kier alpha value is -2.32. The van der Waals surface area contributed by atoms with E-state index in [9.17, 15) is 30.0 Å². The first kappa shape index (κ1) is 29.2. The SMILES string of the molecule is CCCCCCc1ccc(C(=O)O[C@H]2[C@@H](C)[C@@]3(O)[C@@H](C=C(CO)C[C@]4(O)C(=O)C(C)=C[C@@H]34)[C@@H]3C(C)(C)[C@@]32O)cc1. The molecule has 4 aliphatic rings. The Morgan fingerprint density at radius 2 is 1.73 bits per heavy atom. The first-order valence-electron chi connectivity index (χ1n) is 14.8. The Labute approximate surface area is 236 Å². The van der Waals surface area contributed by atoms with E-state index in [1.807, 2.05) is 26.0 Å². The molecule has 218 valence electrons. The number of ketones is 1. The second-order valence-corrected chi connectivity index (χ2v) is 13.3. The van der Waals surface area contributed by atoms with Crippen molar-refractivity contribution in [3.63, 3.8) is 0 Å². The number of carbonyl (C=O) groups is 2. The first-order valence-corrected chi connectivity index (χ1v) is 14.8. The third-order valence-electron chi connectivity index (χ3n) is 10.7. The highest BCUT2D eigenvalue weighted by molar-refractivity contribution is 6.04. The van der Waals surface area contributed by atoms with E-state index in [2.05, 4.69) is 6.92 Å². The van der Waals surface area contributed by atoms with Gasteiger partial charge in [0.1, 0.15) is 17.3 Å². The number of carbonyl (C=O) groups excluding carboxylic acids is 2. The molecule has 2 fully saturated rings. The van der Waals surface area contributed by atoms with Crippen molar-refractivity contribution in [3.05, 3.63) is 58.7 Å². The van der Waals surface area contributed by atoms with Crippen LogP contribution < -0.4 is 0 Å². The zero-order valence-corrected chi connectivity index (χ0v) is 24.3. The summed E-state index contributed by atoms with van der Waals surface area (Å²) in [4.78, 5) is 26.6. The van der Waals surface area contributed by atoms with E-state index >= 15 is 0 Å². The summed E-state index contributed by atoms with van der Waals surface area (Å²) in [5, 5.41) is 46.5. The standard InChI is InChI=1S/C33H44O7/c1-6-7-8-9-10-21-11-13-23(14-12-21)29(36)40-28-20(3)32(38)24(26-30(4,5)33(26,28)39)16-22(18-34)17-31(37)25(32)15-19(2)27(31)35/h11-16,20,24-26,28,34,37-39H,6-10,17-18H2,1-5H3/t20-,24+,25-,26-,28+,31-,32-,33-/m1/s1. The average Bonchev–Trinajstić information content (AvgIpc) is 3.32. The number of rotatable bonds is 8. The minimum atomic E-state index is -1.92. The molecule has 5 rings (SSSR count). The van der Waals surface area contributed by atoms with Crippen LogP contribution in [0.3, 0.4) is 0 Å². The summed E-state index contributed by atoms with van der Waals surface area (Å²) >= 11 is 0. The molecule has 0 heterocycles. The summed E-state index contributed by atoms with van der Waals surface area (Å²) in [5.74, 6) is -4.06. The molecular weight excluding hydrogens is 508 g/mol. The summed E-state index contributed by atoms with van der Waals surface area (Å²) in [6.45, 7) is 8.91. The number of esters is 1. The summed E-state index contributed by atoms with van der Waals surface area (Å²) in [5.41, 5.74) is -3.48. The van der Waals surface area contributed by atoms with Crippen molar-refractivity contribution in [3.8, 4) is 0 Å².